The molecule has 1 N–H and O–H groups in total. The molecule has 6 rings (SSSR count). The molecule has 2 aromatic heterocycles. The van der Waals surface area contributed by atoms with E-state index >= 15 is 0 Å². The maximum absolute atomic E-state index is 13.4. The highest BCUT2D eigenvalue weighted by Crippen LogP contribution is 2.59. The van der Waals surface area contributed by atoms with Gasteiger partial charge in [0.25, 0.3) is 5.89 Å². The second kappa shape index (κ2) is 8.03. The van der Waals surface area contributed by atoms with Crippen LogP contribution in [0.2, 0.25) is 0 Å². The van der Waals surface area contributed by atoms with E-state index in [1.54, 1.807) is 12.1 Å². The molecule has 2 heterocycles. The van der Waals surface area contributed by atoms with Crippen molar-refractivity contribution in [2.45, 2.75) is 56.2 Å². The number of aryl methyl sites for hydroxylation is 1. The van der Waals surface area contributed by atoms with E-state index in [1.807, 2.05) is 29.8 Å². The number of alkyl halides is 3. The molecule has 9 heteroatoms. The summed E-state index contributed by atoms with van der Waals surface area (Å²) in [6.45, 7) is 2.66. The molecule has 6 nitrogen and oxygen atoms in total. The number of nitrogens with zero attached hydrogens (tertiary/aromatic N) is 4. The summed E-state index contributed by atoms with van der Waals surface area (Å²) in [7, 11) is 0. The minimum atomic E-state index is -4.25. The molecule has 0 saturated heterocycles. The van der Waals surface area contributed by atoms with E-state index in [-0.39, 0.29) is 36.3 Å². The second-order valence-electron chi connectivity index (χ2n) is 10.0. The van der Waals surface area contributed by atoms with Gasteiger partial charge in [-0.3, -0.25) is 4.68 Å². The lowest BCUT2D eigenvalue weighted by atomic mass is 9.94. The number of hydrogen-bond acceptors (Lipinski definition) is 5. The van der Waals surface area contributed by atoms with Crippen molar-refractivity contribution in [2.24, 2.45) is 0 Å². The Labute approximate surface area is 205 Å². The largest absolute Gasteiger partial charge is 0.398 e. The third-order valence-corrected chi connectivity index (χ3v) is 7.64. The zero-order valence-corrected chi connectivity index (χ0v) is 19.7. The van der Waals surface area contributed by atoms with Gasteiger partial charge >= 0.3 is 6.18 Å². The van der Waals surface area contributed by atoms with Crippen molar-refractivity contribution in [1.82, 2.24) is 19.9 Å². The summed E-state index contributed by atoms with van der Waals surface area (Å²) < 4.78 is 47.5. The highest BCUT2D eigenvalue weighted by atomic mass is 19.4. The molecule has 2 saturated carbocycles. The van der Waals surface area contributed by atoms with Crippen LogP contribution in [0.4, 0.5) is 13.2 Å². The average Bonchev–Trinajstić information content (AvgIpc) is 3.77. The molecule has 0 atom stereocenters. The molecule has 2 aromatic carbocycles. The van der Waals surface area contributed by atoms with Gasteiger partial charge < -0.3 is 9.63 Å². The van der Waals surface area contributed by atoms with Crippen molar-refractivity contribution in [3.05, 3.63) is 77.0 Å². The van der Waals surface area contributed by atoms with Gasteiger partial charge in [-0.2, -0.15) is 23.3 Å². The zero-order valence-electron chi connectivity index (χ0n) is 19.7. The van der Waals surface area contributed by atoms with E-state index in [9.17, 15) is 18.3 Å². The summed E-state index contributed by atoms with van der Waals surface area (Å²) in [4.78, 5) is 4.43. The van der Waals surface area contributed by atoms with Crippen molar-refractivity contribution in [3.63, 3.8) is 0 Å². The lowest BCUT2D eigenvalue weighted by molar-refractivity contribution is -0.160. The molecule has 0 spiro atoms. The smallest absolute Gasteiger partial charge is 0.395 e. The molecule has 2 aliphatic carbocycles. The van der Waals surface area contributed by atoms with Gasteiger partial charge in [0.15, 0.2) is 5.69 Å². The quantitative estimate of drug-likeness (QED) is 0.363. The Balaban J connectivity index is 1.20. The monoisotopic (exact) mass is 494 g/mol. The van der Waals surface area contributed by atoms with Crippen molar-refractivity contribution in [1.29, 1.82) is 0 Å². The third kappa shape index (κ3) is 3.82. The zero-order chi connectivity index (χ0) is 25.1. The number of halogens is 3. The fourth-order valence-electron chi connectivity index (χ4n) is 4.88. The molecule has 2 fully saturated rings. The van der Waals surface area contributed by atoms with Crippen LogP contribution in [0.25, 0.3) is 23.0 Å². The SMILES string of the molecule is Cc1cc(-c2nc(-c3ccc(C4(C(F)(F)F)CC4)cc3)no2)nn1Cc1cccc(C2(CO)CC2)c1. The molecule has 4 aromatic rings. The molecular weight excluding hydrogens is 469 g/mol. The van der Waals surface area contributed by atoms with Crippen LogP contribution in [0.3, 0.4) is 0 Å². The summed E-state index contributed by atoms with van der Waals surface area (Å²) in [6, 6.07) is 16.3. The summed E-state index contributed by atoms with van der Waals surface area (Å²) in [5.41, 5.74) is 2.74. The van der Waals surface area contributed by atoms with Crippen LogP contribution >= 0.6 is 0 Å². The highest BCUT2D eigenvalue weighted by molar-refractivity contribution is 5.59. The van der Waals surface area contributed by atoms with Crippen LogP contribution in [0, 0.1) is 6.92 Å². The normalized spacial score (nSPS) is 17.8. The average molecular weight is 495 g/mol. The van der Waals surface area contributed by atoms with Crippen LogP contribution in [0.1, 0.15) is 48.1 Å². The molecule has 0 amide bonds. The van der Waals surface area contributed by atoms with E-state index in [0.717, 1.165) is 29.7 Å². The Morgan fingerprint density at radius 1 is 1.00 bits per heavy atom. The topological polar surface area (TPSA) is 77.0 Å². The summed E-state index contributed by atoms with van der Waals surface area (Å²) in [6.07, 6.45) is -2.00. The lowest BCUT2D eigenvalue weighted by Crippen LogP contribution is -2.28. The number of aromatic nitrogens is 4. The minimum absolute atomic E-state index is 0.0926. The standard InChI is InChI=1S/C27H25F3N4O2/c1-17-13-22(32-34(17)15-18-3-2-4-21(14-18)25(16-35)9-10-25)24-31-23(33-36-24)19-5-7-20(8-6-19)26(11-12-26)27(28,29)30/h2-8,13-14,35H,9-12,15-16H2,1H3. The molecule has 0 aliphatic heterocycles. The molecule has 0 unspecified atom stereocenters. The number of aliphatic hydroxyl groups excluding tert-OH is 1. The first-order chi connectivity index (χ1) is 17.2. The fourth-order valence-corrected chi connectivity index (χ4v) is 4.88. The van der Waals surface area contributed by atoms with Crippen LogP contribution in [-0.4, -0.2) is 37.8 Å². The number of benzene rings is 2. The minimum Gasteiger partial charge on any atom is -0.395 e. The Kier molecular flexibility index (Phi) is 5.12. The number of rotatable bonds is 7. The van der Waals surface area contributed by atoms with E-state index in [4.69, 9.17) is 4.52 Å². The Bertz CT molecular complexity index is 1410. The molecular formula is C27H25F3N4O2. The van der Waals surface area contributed by atoms with Crippen LogP contribution < -0.4 is 0 Å². The predicted octanol–water partition coefficient (Wildman–Crippen LogP) is 5.57. The summed E-state index contributed by atoms with van der Waals surface area (Å²) in [5.74, 6) is 0.544. The van der Waals surface area contributed by atoms with E-state index in [1.165, 1.54) is 12.1 Å². The summed E-state index contributed by atoms with van der Waals surface area (Å²) in [5, 5.41) is 18.4. The van der Waals surface area contributed by atoms with Crippen molar-refractivity contribution in [2.75, 3.05) is 6.61 Å². The predicted molar refractivity (Wildman–Crippen MR) is 126 cm³/mol. The first-order valence-corrected chi connectivity index (χ1v) is 12.0. The van der Waals surface area contributed by atoms with Gasteiger partial charge in [-0.05, 0) is 55.4 Å². The first-order valence-electron chi connectivity index (χ1n) is 12.0. The maximum Gasteiger partial charge on any atom is 0.398 e. The Morgan fingerprint density at radius 2 is 1.75 bits per heavy atom. The van der Waals surface area contributed by atoms with Crippen LogP contribution in [0.15, 0.2) is 59.1 Å². The van der Waals surface area contributed by atoms with Crippen LogP contribution in [-0.2, 0) is 17.4 Å². The van der Waals surface area contributed by atoms with Crippen molar-refractivity contribution >= 4 is 0 Å². The highest BCUT2D eigenvalue weighted by Gasteiger charge is 2.64. The molecule has 36 heavy (non-hydrogen) atoms. The van der Waals surface area contributed by atoms with Gasteiger partial charge in [0.2, 0.25) is 5.82 Å². The molecule has 2 aliphatic rings. The number of aliphatic hydroxyl groups is 1. The fraction of sp³-hybridized carbons (Fsp3) is 0.370. The van der Waals surface area contributed by atoms with Crippen molar-refractivity contribution < 1.29 is 22.8 Å². The second-order valence-corrected chi connectivity index (χ2v) is 10.0. The first kappa shape index (κ1) is 23.0. The Morgan fingerprint density at radius 3 is 2.39 bits per heavy atom. The van der Waals surface area contributed by atoms with E-state index < -0.39 is 11.6 Å². The van der Waals surface area contributed by atoms with Crippen LogP contribution in [0.5, 0.6) is 0 Å². The van der Waals surface area contributed by atoms with Gasteiger partial charge in [0, 0.05) is 16.7 Å². The molecule has 0 bridgehead atoms. The van der Waals surface area contributed by atoms with E-state index in [0.29, 0.717) is 23.6 Å². The Hall–Kier alpha value is -3.46. The van der Waals surface area contributed by atoms with Gasteiger partial charge in [0.1, 0.15) is 0 Å². The maximum atomic E-state index is 13.4. The van der Waals surface area contributed by atoms with E-state index in [2.05, 4.69) is 27.4 Å². The third-order valence-electron chi connectivity index (χ3n) is 7.64. The summed E-state index contributed by atoms with van der Waals surface area (Å²) >= 11 is 0. The molecule has 0 radical (unpaired) electrons. The molecule has 186 valence electrons. The lowest BCUT2D eigenvalue weighted by Gasteiger charge is -2.19. The van der Waals surface area contributed by atoms with Gasteiger partial charge in [-0.15, -0.1) is 0 Å². The van der Waals surface area contributed by atoms with Gasteiger partial charge in [-0.25, -0.2) is 0 Å². The number of hydrogen-bond donors (Lipinski definition) is 1. The van der Waals surface area contributed by atoms with Gasteiger partial charge in [0.05, 0.1) is 18.6 Å². The van der Waals surface area contributed by atoms with Gasteiger partial charge in [-0.1, -0.05) is 53.7 Å². The van der Waals surface area contributed by atoms with Crippen molar-refractivity contribution in [3.8, 4) is 23.0 Å².